The first kappa shape index (κ1) is 65.1. The molecular formula is C43H38B21F6N6O5. The van der Waals surface area contributed by atoms with Gasteiger partial charge in [0.2, 0.25) is 11.1 Å². The summed E-state index contributed by atoms with van der Waals surface area (Å²) >= 11 is 0. The van der Waals surface area contributed by atoms with Crippen LogP contribution in [-0.4, -0.2) is 208 Å². The summed E-state index contributed by atoms with van der Waals surface area (Å²) in [5.41, 5.74) is -4.33. The molecule has 0 bridgehead atoms. The molecule has 2 aliphatic heterocycles. The molecule has 38 heteroatoms. The van der Waals surface area contributed by atoms with Crippen molar-refractivity contribution in [3.8, 4) is 29.4 Å². The molecule has 8 rings (SSSR count). The monoisotopic (exact) mass is 1060 g/mol. The molecule has 4 aromatic rings. The number of urea groups is 2. The number of rotatable bonds is 15. The fourth-order valence-corrected chi connectivity index (χ4v) is 9.68. The van der Waals surface area contributed by atoms with Crippen molar-refractivity contribution in [3.05, 3.63) is 117 Å². The lowest BCUT2D eigenvalue weighted by atomic mass is 8.38. The van der Waals surface area contributed by atoms with Crippen molar-refractivity contribution >= 4 is 173 Å². The van der Waals surface area contributed by atoms with Gasteiger partial charge in [0, 0.05) is 198 Å². The summed E-state index contributed by atoms with van der Waals surface area (Å²) in [5, 5.41) is 14.2. The van der Waals surface area contributed by atoms with E-state index >= 15 is 0 Å². The first-order valence-corrected chi connectivity index (χ1v) is 25.5. The summed E-state index contributed by atoms with van der Waals surface area (Å²) in [7, 11) is 67.4. The van der Waals surface area contributed by atoms with Crippen molar-refractivity contribution in [1.29, 1.82) is 0 Å². The second-order valence-corrected chi connectivity index (χ2v) is 20.2. The van der Waals surface area contributed by atoms with E-state index in [0.29, 0.717) is 27.3 Å². The Bertz CT molecular complexity index is 3020. The third-order valence-corrected chi connectivity index (χ3v) is 14.3. The van der Waals surface area contributed by atoms with Gasteiger partial charge < -0.3 is 20.5 Å². The summed E-state index contributed by atoms with van der Waals surface area (Å²) in [6.07, 6.45) is -10.6. The Labute approximate surface area is 488 Å². The number of halogens is 6. The van der Waals surface area contributed by atoms with E-state index in [1.165, 1.54) is 78.6 Å². The second kappa shape index (κ2) is 27.1. The van der Waals surface area contributed by atoms with E-state index in [1.54, 1.807) is 24.3 Å². The number of ether oxygens (including phenoxy) is 1. The number of nitrogens with zero attached hydrogens (tertiary/aromatic N) is 4. The highest BCUT2D eigenvalue weighted by atomic mass is 19.4. The number of alkyl halides is 6. The van der Waals surface area contributed by atoms with Gasteiger partial charge in [-0.1, -0.05) is 60.1 Å². The van der Waals surface area contributed by atoms with Crippen LogP contribution in [0.3, 0.4) is 0 Å². The highest BCUT2D eigenvalue weighted by molar-refractivity contribution is 8.20. The molecule has 81 heavy (non-hydrogen) atoms. The van der Waals surface area contributed by atoms with Crippen molar-refractivity contribution in [1.82, 2.24) is 19.8 Å². The van der Waals surface area contributed by atoms with E-state index in [2.05, 4.69) is 39.3 Å². The molecule has 2 atom stereocenters. The number of amides is 4. The van der Waals surface area contributed by atoms with E-state index in [0.717, 1.165) is 32.7 Å². The Kier molecular flexibility index (Phi) is 21.8. The van der Waals surface area contributed by atoms with E-state index in [9.17, 15) is 45.8 Å². The number of carbonyl (C=O) groups excluding carboxylic acids is 2. The van der Waals surface area contributed by atoms with Crippen molar-refractivity contribution in [3.63, 3.8) is 0 Å². The van der Waals surface area contributed by atoms with Crippen molar-refractivity contribution in [2.75, 3.05) is 24.4 Å². The van der Waals surface area contributed by atoms with Gasteiger partial charge >= 0.3 is 24.4 Å². The van der Waals surface area contributed by atoms with E-state index in [-0.39, 0.29) is 59.6 Å². The summed E-state index contributed by atoms with van der Waals surface area (Å²) in [5.74, 6) is 10.6. The van der Waals surface area contributed by atoms with Crippen LogP contribution < -0.4 is 25.8 Å². The van der Waals surface area contributed by atoms with Gasteiger partial charge in [-0.05, 0) is 66.6 Å². The van der Waals surface area contributed by atoms with E-state index in [4.69, 9.17) is 89.8 Å². The molecule has 375 valence electrons. The number of fused-ring (bicyclic) bond motifs is 2. The lowest BCUT2D eigenvalue weighted by molar-refractivity contribution is -0.203. The number of carbonyl (C=O) groups is 2. The largest absolute Gasteiger partial charge is 0.497 e. The highest BCUT2D eigenvalue weighted by Gasteiger charge is 2.63. The molecule has 3 N–H and O–H groups in total. The molecule has 2 fully saturated rings. The van der Waals surface area contributed by atoms with E-state index in [1.807, 2.05) is 0 Å². The fourth-order valence-electron chi connectivity index (χ4n) is 9.68. The first-order chi connectivity index (χ1) is 38.0. The molecular weight excluding hydrogens is 1020 g/mol. The summed E-state index contributed by atoms with van der Waals surface area (Å²) in [4.78, 5) is 42.9. The summed E-state index contributed by atoms with van der Waals surface area (Å²) < 4.78 is 92.3. The average molecular weight is 1060 g/mol. The van der Waals surface area contributed by atoms with E-state index < -0.39 is 93.0 Å². The first-order valence-electron chi connectivity index (χ1n) is 25.5. The minimum atomic E-state index is -4.83. The van der Waals surface area contributed by atoms with Gasteiger partial charge in [0.05, 0.1) is 38.8 Å². The second-order valence-electron chi connectivity index (χ2n) is 20.2. The van der Waals surface area contributed by atoms with Gasteiger partial charge in [0.25, 0.3) is 5.56 Å². The van der Waals surface area contributed by atoms with Crippen LogP contribution in [0.2, 0.25) is 0 Å². The molecule has 11 nitrogen and oxygen atoms in total. The zero-order chi connectivity index (χ0) is 59.9. The average Bonchev–Trinajstić information content (AvgIpc) is 4.38. The number of nitrogens with one attached hydrogen (secondary N) is 2. The van der Waals surface area contributed by atoms with Gasteiger partial charge in [-0.15, -0.1) is 0 Å². The Balaban J connectivity index is 0.000000200. The topological polar surface area (TPSA) is 129 Å². The number of benzene rings is 3. The maximum atomic E-state index is 14.3. The van der Waals surface area contributed by atoms with Crippen molar-refractivity contribution in [2.24, 2.45) is 11.8 Å². The number of aliphatic hydroxyl groups excluding tert-OH is 1. The predicted octanol–water partition coefficient (Wildman–Crippen LogP) is -0.969. The molecule has 2 aliphatic carbocycles. The van der Waals surface area contributed by atoms with Crippen LogP contribution in [0.4, 0.5) is 47.3 Å². The molecule has 4 amide bonds. The maximum absolute atomic E-state index is 14.3. The molecule has 1 aromatic heterocycles. The molecule has 0 spiro atoms. The number of hydrogen-bond acceptors (Lipinski definition) is 6. The fraction of sp³-hybridized carbons (Fsp3) is 0.349. The Morgan fingerprint density at radius 2 is 1.25 bits per heavy atom. The van der Waals surface area contributed by atoms with Crippen LogP contribution in [0.1, 0.15) is 53.5 Å². The van der Waals surface area contributed by atoms with Crippen LogP contribution in [0.15, 0.2) is 84.0 Å². The Morgan fingerprint density at radius 3 is 1.73 bits per heavy atom. The maximum Gasteiger partial charge on any atom is 0.427 e. The lowest BCUT2D eigenvalue weighted by Crippen LogP contribution is -2.81. The molecule has 4 aliphatic rings. The lowest BCUT2D eigenvalue weighted by Gasteiger charge is -2.43. The Hall–Kier alpha value is -5.10. The van der Waals surface area contributed by atoms with Crippen LogP contribution in [0.5, 0.6) is 5.75 Å². The predicted molar refractivity (Wildman–Crippen MR) is 328 cm³/mol. The zero-order valence-corrected chi connectivity index (χ0v) is 44.4. The van der Waals surface area contributed by atoms with Gasteiger partial charge in [0.1, 0.15) is 5.75 Å². The quantitative estimate of drug-likeness (QED) is 0.0801. The van der Waals surface area contributed by atoms with Crippen LogP contribution in [-0.2, 0) is 30.8 Å². The van der Waals surface area contributed by atoms with Crippen LogP contribution in [0.25, 0.3) is 0 Å². The standard InChI is InChI=1S/C23H21F3N2O3.C20H17F3N4O2.B21/c1-31-18-7-4-16(5-8-18)13-28-20-12-17(14-29)6-9-19(20)22(23(24,25)26,27-21(28)30)11-10-15-2-3-15;1-26-18(29)25-16-10-14(11-27-12-24-9-7-17(27)28)4-5-15(16)19(26,20(21,22)23)8-6-13-2-3-13;1-12-18(13(2)3)21(19(14(4)5)15(6)7)20(16(8)9)17(10)11/h4-9,12,15,29H,2-3,13-14H2,1H3,(H,27,30);4-5,7,9-10,12-13H,2-3,11H2,1H3,(H,25,29);. The van der Waals surface area contributed by atoms with Crippen LogP contribution in [0, 0.1) is 35.5 Å². The third-order valence-electron chi connectivity index (χ3n) is 14.3. The van der Waals surface area contributed by atoms with Gasteiger partial charge in [0.15, 0.2) is 0 Å². The number of aliphatic hydroxyl groups is 1. The molecule has 0 saturated heterocycles. The molecule has 3 aromatic carbocycles. The summed E-state index contributed by atoms with van der Waals surface area (Å²) in [6, 6.07) is 14.8. The minimum Gasteiger partial charge on any atom is -0.497 e. The number of methoxy groups -OCH3 is 1. The highest BCUT2D eigenvalue weighted by Crippen LogP contribution is 2.49. The Morgan fingerprint density at radius 1 is 0.704 bits per heavy atom. The molecule has 2 unspecified atom stereocenters. The van der Waals surface area contributed by atoms with Gasteiger partial charge in [-0.25, -0.2) is 14.6 Å². The zero-order valence-electron chi connectivity index (χ0n) is 44.4. The molecule has 3 heterocycles. The third kappa shape index (κ3) is 15.0. The summed E-state index contributed by atoms with van der Waals surface area (Å²) in [6.45, 7) is -0.210. The van der Waals surface area contributed by atoms with Crippen molar-refractivity contribution < 1.29 is 45.8 Å². The number of anilines is 2. The molecule has 2 saturated carbocycles. The number of hydrogen-bond donors (Lipinski definition) is 3. The van der Waals surface area contributed by atoms with Crippen molar-refractivity contribution in [2.45, 2.75) is 68.8 Å². The normalized spacial score (nSPS) is 17.7. The SMILES string of the molecule is CN1C(=O)Nc2cc(Cn3cnccc3=O)ccc2C1(C#CC1CC1)C(F)(F)F.COc1ccc(CN2C(=O)NC(C#CC3CC3)(C(F)(F)F)c3ccc(CO)cc32)cc1.[B][B]B(B([B])[B])B(B(B([B])[B])B([B])[B])B(B([B])[B])B([B])[B]. The van der Waals surface area contributed by atoms with Gasteiger partial charge in [-0.2, -0.15) is 26.3 Å². The molecule has 23 radical (unpaired) electrons. The number of aromatic nitrogens is 2. The minimum absolute atomic E-state index is 0.0324. The van der Waals surface area contributed by atoms with Gasteiger partial charge in [-0.3, -0.25) is 19.2 Å². The van der Waals surface area contributed by atoms with Crippen LogP contribution >= 0.6 is 0 Å². The smallest absolute Gasteiger partial charge is 0.427 e.